The van der Waals surface area contributed by atoms with Gasteiger partial charge in [0.1, 0.15) is 23.3 Å². The van der Waals surface area contributed by atoms with Crippen LogP contribution in [0, 0.1) is 23.3 Å². The molecular weight excluding hydrogens is 390 g/mol. The van der Waals surface area contributed by atoms with Gasteiger partial charge in [0.05, 0.1) is 17.0 Å². The third-order valence-corrected chi connectivity index (χ3v) is 4.83. The molecule has 1 atom stereocenters. The molecule has 1 aromatic heterocycles. The minimum Gasteiger partial charge on any atom is -0.339 e. The van der Waals surface area contributed by atoms with Crippen LogP contribution in [0.2, 0.25) is 0 Å². The highest BCUT2D eigenvalue weighted by Crippen LogP contribution is 2.29. The van der Waals surface area contributed by atoms with Crippen LogP contribution in [0.5, 0.6) is 0 Å². The summed E-state index contributed by atoms with van der Waals surface area (Å²) in [5, 5.41) is 3.75. The van der Waals surface area contributed by atoms with Crippen molar-refractivity contribution in [2.45, 2.75) is 18.8 Å². The lowest BCUT2D eigenvalue weighted by molar-refractivity contribution is 0.0691. The van der Waals surface area contributed by atoms with E-state index in [1.165, 1.54) is 11.0 Å². The van der Waals surface area contributed by atoms with Gasteiger partial charge in [-0.1, -0.05) is 5.16 Å². The Morgan fingerprint density at radius 2 is 1.76 bits per heavy atom. The Labute approximate surface area is 162 Å². The Morgan fingerprint density at radius 3 is 2.48 bits per heavy atom. The number of amides is 1. The fourth-order valence-electron chi connectivity index (χ4n) is 3.38. The molecule has 1 saturated heterocycles. The molecule has 5 nitrogen and oxygen atoms in total. The Bertz CT molecular complexity index is 1070. The second kappa shape index (κ2) is 7.65. The predicted molar refractivity (Wildman–Crippen MR) is 93.9 cm³/mol. The molecule has 0 radical (unpaired) electrons. The Kier molecular flexibility index (Phi) is 5.04. The first-order valence-corrected chi connectivity index (χ1v) is 8.95. The third-order valence-electron chi connectivity index (χ3n) is 4.83. The van der Waals surface area contributed by atoms with Gasteiger partial charge >= 0.3 is 0 Å². The molecule has 2 aromatic carbocycles. The van der Waals surface area contributed by atoms with Crippen molar-refractivity contribution in [3.8, 4) is 11.4 Å². The summed E-state index contributed by atoms with van der Waals surface area (Å²) in [4.78, 5) is 18.2. The minimum absolute atomic E-state index is 0.00137. The maximum absolute atomic E-state index is 13.9. The highest BCUT2D eigenvalue weighted by Gasteiger charge is 2.30. The summed E-state index contributed by atoms with van der Waals surface area (Å²) in [5.41, 5.74) is -0.217. The molecule has 9 heteroatoms. The Hall–Kier alpha value is -3.23. The molecule has 4 rings (SSSR count). The van der Waals surface area contributed by atoms with E-state index in [9.17, 15) is 22.4 Å². The summed E-state index contributed by atoms with van der Waals surface area (Å²) in [7, 11) is 0. The number of hydrogen-bond acceptors (Lipinski definition) is 4. The van der Waals surface area contributed by atoms with Crippen molar-refractivity contribution in [1.82, 2.24) is 15.0 Å². The molecule has 2 heterocycles. The third kappa shape index (κ3) is 3.85. The first-order valence-electron chi connectivity index (χ1n) is 8.95. The number of likely N-dealkylation sites (tertiary alicyclic amines) is 1. The molecular formula is C20H15F4N3O2. The molecule has 150 valence electrons. The van der Waals surface area contributed by atoms with Gasteiger partial charge in [-0.05, 0) is 37.1 Å². The van der Waals surface area contributed by atoms with Crippen LogP contribution in [0.25, 0.3) is 11.4 Å². The standard InChI is InChI=1S/C20H15F4N3O2/c21-12-3-5-14(16(23)8-12)18-25-19(29-26-18)11-2-1-7-27(10-11)20(28)15-6-4-13(22)9-17(15)24/h3-6,8-9,11H,1-2,7,10H2. The van der Waals surface area contributed by atoms with Gasteiger partial charge in [-0.2, -0.15) is 4.98 Å². The van der Waals surface area contributed by atoms with Crippen LogP contribution in [0.3, 0.4) is 0 Å². The first-order chi connectivity index (χ1) is 13.9. The summed E-state index contributed by atoms with van der Waals surface area (Å²) < 4.78 is 59.3. The van der Waals surface area contributed by atoms with E-state index in [2.05, 4.69) is 10.1 Å². The second-order valence-corrected chi connectivity index (χ2v) is 6.79. The van der Waals surface area contributed by atoms with E-state index in [1.807, 2.05) is 0 Å². The molecule has 3 aromatic rings. The Balaban J connectivity index is 1.53. The fourth-order valence-corrected chi connectivity index (χ4v) is 3.38. The van der Waals surface area contributed by atoms with Gasteiger partial charge in [0.2, 0.25) is 11.7 Å². The summed E-state index contributed by atoms with van der Waals surface area (Å²) in [6.07, 6.45) is 1.26. The van der Waals surface area contributed by atoms with E-state index >= 15 is 0 Å². The molecule has 0 spiro atoms. The van der Waals surface area contributed by atoms with Crippen molar-refractivity contribution in [3.05, 3.63) is 71.1 Å². The van der Waals surface area contributed by atoms with Gasteiger partial charge in [0, 0.05) is 25.2 Å². The number of benzene rings is 2. The molecule has 1 unspecified atom stereocenters. The van der Waals surface area contributed by atoms with Crippen molar-refractivity contribution in [2.24, 2.45) is 0 Å². The maximum Gasteiger partial charge on any atom is 0.256 e. The Morgan fingerprint density at radius 1 is 1.03 bits per heavy atom. The number of nitrogens with zero attached hydrogens (tertiary/aromatic N) is 3. The number of hydrogen-bond donors (Lipinski definition) is 0. The van der Waals surface area contributed by atoms with Crippen LogP contribution >= 0.6 is 0 Å². The lowest BCUT2D eigenvalue weighted by Gasteiger charge is -2.31. The minimum atomic E-state index is -0.927. The molecule has 1 aliphatic rings. The van der Waals surface area contributed by atoms with E-state index < -0.39 is 29.2 Å². The van der Waals surface area contributed by atoms with E-state index in [-0.39, 0.29) is 35.3 Å². The molecule has 1 amide bonds. The van der Waals surface area contributed by atoms with Gasteiger partial charge in [-0.25, -0.2) is 17.6 Å². The lowest BCUT2D eigenvalue weighted by atomic mass is 9.97. The molecule has 0 N–H and O–H groups in total. The van der Waals surface area contributed by atoms with Gasteiger partial charge in [0.25, 0.3) is 5.91 Å². The molecule has 0 saturated carbocycles. The van der Waals surface area contributed by atoms with Crippen molar-refractivity contribution in [3.63, 3.8) is 0 Å². The van der Waals surface area contributed by atoms with Gasteiger partial charge in [0.15, 0.2) is 0 Å². The number of carbonyl (C=O) groups excluding carboxylic acids is 1. The first kappa shape index (κ1) is 19.1. The second-order valence-electron chi connectivity index (χ2n) is 6.79. The maximum atomic E-state index is 13.9. The van der Waals surface area contributed by atoms with E-state index in [1.54, 1.807) is 0 Å². The fraction of sp³-hybridized carbons (Fsp3) is 0.250. The summed E-state index contributed by atoms with van der Waals surface area (Å²) in [6.45, 7) is 0.600. The number of carbonyl (C=O) groups is 1. The summed E-state index contributed by atoms with van der Waals surface area (Å²) in [5.74, 6) is -3.91. The number of aromatic nitrogens is 2. The SMILES string of the molecule is O=C(c1ccc(F)cc1F)N1CCCC(c2nc(-c3ccc(F)cc3F)no2)C1. The van der Waals surface area contributed by atoms with Crippen LogP contribution in [0.4, 0.5) is 17.6 Å². The summed E-state index contributed by atoms with van der Waals surface area (Å²) in [6, 6.07) is 5.83. The average Bonchev–Trinajstić information content (AvgIpc) is 3.17. The smallest absolute Gasteiger partial charge is 0.256 e. The van der Waals surface area contributed by atoms with Crippen LogP contribution in [-0.4, -0.2) is 34.0 Å². The normalized spacial score (nSPS) is 16.8. The highest BCUT2D eigenvalue weighted by atomic mass is 19.1. The quantitative estimate of drug-likeness (QED) is 0.610. The number of piperidine rings is 1. The lowest BCUT2D eigenvalue weighted by Crippen LogP contribution is -2.39. The largest absolute Gasteiger partial charge is 0.339 e. The van der Waals surface area contributed by atoms with Crippen molar-refractivity contribution >= 4 is 5.91 Å². The monoisotopic (exact) mass is 405 g/mol. The van der Waals surface area contributed by atoms with Gasteiger partial charge < -0.3 is 9.42 Å². The van der Waals surface area contributed by atoms with E-state index in [4.69, 9.17) is 4.52 Å². The zero-order valence-corrected chi connectivity index (χ0v) is 15.0. The van der Waals surface area contributed by atoms with Crippen molar-refractivity contribution < 1.29 is 26.9 Å². The number of halogens is 4. The molecule has 0 bridgehead atoms. The van der Waals surface area contributed by atoms with Crippen molar-refractivity contribution in [1.29, 1.82) is 0 Å². The van der Waals surface area contributed by atoms with Gasteiger partial charge in [-0.3, -0.25) is 4.79 Å². The van der Waals surface area contributed by atoms with Crippen LogP contribution < -0.4 is 0 Å². The predicted octanol–water partition coefficient (Wildman–Crippen LogP) is 4.31. The zero-order chi connectivity index (χ0) is 20.5. The molecule has 1 fully saturated rings. The molecule has 1 aliphatic heterocycles. The average molecular weight is 405 g/mol. The zero-order valence-electron chi connectivity index (χ0n) is 15.0. The van der Waals surface area contributed by atoms with E-state index in [0.29, 0.717) is 25.5 Å². The van der Waals surface area contributed by atoms with Crippen LogP contribution in [-0.2, 0) is 0 Å². The van der Waals surface area contributed by atoms with Crippen LogP contribution in [0.1, 0.15) is 35.0 Å². The van der Waals surface area contributed by atoms with Crippen molar-refractivity contribution in [2.75, 3.05) is 13.1 Å². The highest BCUT2D eigenvalue weighted by molar-refractivity contribution is 5.94. The molecule has 0 aliphatic carbocycles. The number of rotatable bonds is 3. The van der Waals surface area contributed by atoms with Gasteiger partial charge in [-0.15, -0.1) is 0 Å². The summed E-state index contributed by atoms with van der Waals surface area (Å²) >= 11 is 0. The van der Waals surface area contributed by atoms with E-state index in [0.717, 1.165) is 24.3 Å². The molecule has 29 heavy (non-hydrogen) atoms. The topological polar surface area (TPSA) is 59.2 Å². The van der Waals surface area contributed by atoms with Crippen LogP contribution in [0.15, 0.2) is 40.9 Å².